The highest BCUT2D eigenvalue weighted by atomic mass is 16.6. The van der Waals surface area contributed by atoms with Crippen LogP contribution >= 0.6 is 0 Å². The van der Waals surface area contributed by atoms with Crippen molar-refractivity contribution in [1.82, 2.24) is 0 Å². The SMILES string of the molecule is C[C@@H]1O[C@H](Nc2cccc([N+](=O)[O-])c2)[C@H](O)[C@@H](O)[C@H]1O. The molecule has 1 aliphatic rings. The highest BCUT2D eigenvalue weighted by Crippen LogP contribution is 2.24. The zero-order valence-corrected chi connectivity index (χ0v) is 10.7. The summed E-state index contributed by atoms with van der Waals surface area (Å²) < 4.78 is 5.34. The number of benzene rings is 1. The fraction of sp³-hybridized carbons (Fsp3) is 0.500. The fourth-order valence-corrected chi connectivity index (χ4v) is 2.04. The molecule has 1 heterocycles. The van der Waals surface area contributed by atoms with Crippen LogP contribution in [-0.2, 0) is 4.74 Å². The molecule has 0 unspecified atom stereocenters. The van der Waals surface area contributed by atoms with E-state index < -0.39 is 35.6 Å². The van der Waals surface area contributed by atoms with E-state index in [1.807, 2.05) is 0 Å². The number of aliphatic hydroxyl groups is 3. The first kappa shape index (κ1) is 14.7. The largest absolute Gasteiger partial charge is 0.388 e. The molecule has 110 valence electrons. The van der Waals surface area contributed by atoms with Crippen LogP contribution in [0, 0.1) is 10.1 Å². The van der Waals surface area contributed by atoms with E-state index in [1.165, 1.54) is 18.2 Å². The van der Waals surface area contributed by atoms with Gasteiger partial charge in [-0.05, 0) is 13.0 Å². The van der Waals surface area contributed by atoms with E-state index in [4.69, 9.17) is 4.74 Å². The number of aliphatic hydroxyl groups excluding tert-OH is 3. The summed E-state index contributed by atoms with van der Waals surface area (Å²) in [5.74, 6) is 0. The van der Waals surface area contributed by atoms with Crippen molar-refractivity contribution in [3.63, 3.8) is 0 Å². The predicted molar refractivity (Wildman–Crippen MR) is 69.1 cm³/mol. The first-order chi connectivity index (χ1) is 9.40. The third-order valence-corrected chi connectivity index (χ3v) is 3.22. The zero-order chi connectivity index (χ0) is 14.9. The molecule has 1 aromatic carbocycles. The lowest BCUT2D eigenvalue weighted by molar-refractivity contribution is -0.384. The van der Waals surface area contributed by atoms with E-state index in [9.17, 15) is 25.4 Å². The van der Waals surface area contributed by atoms with Crippen molar-refractivity contribution in [3.8, 4) is 0 Å². The highest BCUT2D eigenvalue weighted by molar-refractivity contribution is 5.51. The molecule has 1 saturated heterocycles. The van der Waals surface area contributed by atoms with Crippen molar-refractivity contribution in [2.45, 2.75) is 37.6 Å². The number of nitro benzene ring substituents is 1. The Hall–Kier alpha value is -1.74. The molecular formula is C12H16N2O6. The van der Waals surface area contributed by atoms with Gasteiger partial charge in [-0.25, -0.2) is 0 Å². The molecule has 0 radical (unpaired) electrons. The van der Waals surface area contributed by atoms with E-state index in [0.29, 0.717) is 5.69 Å². The highest BCUT2D eigenvalue weighted by Gasteiger charge is 2.41. The van der Waals surface area contributed by atoms with Gasteiger partial charge in [0.1, 0.15) is 18.3 Å². The van der Waals surface area contributed by atoms with Gasteiger partial charge in [0.25, 0.3) is 5.69 Å². The first-order valence-electron chi connectivity index (χ1n) is 6.11. The van der Waals surface area contributed by atoms with Gasteiger partial charge in [-0.2, -0.15) is 0 Å². The summed E-state index contributed by atoms with van der Waals surface area (Å²) in [7, 11) is 0. The van der Waals surface area contributed by atoms with Gasteiger partial charge >= 0.3 is 0 Å². The van der Waals surface area contributed by atoms with Crippen molar-refractivity contribution >= 4 is 11.4 Å². The number of non-ortho nitro benzene ring substituents is 1. The summed E-state index contributed by atoms with van der Waals surface area (Å²) >= 11 is 0. The number of ether oxygens (including phenoxy) is 1. The Bertz CT molecular complexity index is 497. The smallest absolute Gasteiger partial charge is 0.271 e. The second-order valence-electron chi connectivity index (χ2n) is 4.69. The maximum absolute atomic E-state index is 10.7. The monoisotopic (exact) mass is 284 g/mol. The van der Waals surface area contributed by atoms with Crippen LogP contribution in [0.25, 0.3) is 0 Å². The molecule has 0 spiro atoms. The quantitative estimate of drug-likeness (QED) is 0.448. The average Bonchev–Trinajstić information content (AvgIpc) is 2.42. The molecular weight excluding hydrogens is 268 g/mol. The van der Waals surface area contributed by atoms with Gasteiger partial charge in [-0.15, -0.1) is 0 Å². The van der Waals surface area contributed by atoms with Gasteiger partial charge in [0, 0.05) is 17.8 Å². The molecule has 20 heavy (non-hydrogen) atoms. The lowest BCUT2D eigenvalue weighted by atomic mass is 9.99. The van der Waals surface area contributed by atoms with Crippen LogP contribution in [0.2, 0.25) is 0 Å². The third kappa shape index (κ3) is 2.88. The van der Waals surface area contributed by atoms with Gasteiger partial charge < -0.3 is 25.4 Å². The molecule has 2 rings (SSSR count). The molecule has 0 amide bonds. The Kier molecular flexibility index (Phi) is 4.19. The molecule has 0 aromatic heterocycles. The number of nitrogens with one attached hydrogen (secondary N) is 1. The van der Waals surface area contributed by atoms with Gasteiger partial charge in [0.15, 0.2) is 6.23 Å². The van der Waals surface area contributed by atoms with Crippen LogP contribution in [0.5, 0.6) is 0 Å². The summed E-state index contributed by atoms with van der Waals surface area (Å²) in [6.07, 6.45) is -5.53. The van der Waals surface area contributed by atoms with E-state index >= 15 is 0 Å². The minimum Gasteiger partial charge on any atom is -0.388 e. The number of nitrogens with zero attached hydrogens (tertiary/aromatic N) is 1. The minimum atomic E-state index is -1.35. The van der Waals surface area contributed by atoms with Gasteiger partial charge in [0.2, 0.25) is 0 Å². The lowest BCUT2D eigenvalue weighted by Crippen LogP contribution is -2.58. The van der Waals surface area contributed by atoms with Crippen molar-refractivity contribution in [1.29, 1.82) is 0 Å². The van der Waals surface area contributed by atoms with Crippen molar-refractivity contribution in [2.75, 3.05) is 5.32 Å². The van der Waals surface area contributed by atoms with Gasteiger partial charge in [-0.3, -0.25) is 10.1 Å². The van der Waals surface area contributed by atoms with E-state index in [-0.39, 0.29) is 5.69 Å². The van der Waals surface area contributed by atoms with Crippen LogP contribution in [0.1, 0.15) is 6.92 Å². The lowest BCUT2D eigenvalue weighted by Gasteiger charge is -2.39. The number of rotatable bonds is 3. The molecule has 5 atom stereocenters. The summed E-state index contributed by atoms with van der Waals surface area (Å²) in [5, 5.41) is 42.5. The number of nitro groups is 1. The summed E-state index contributed by atoms with van der Waals surface area (Å²) in [6, 6.07) is 5.69. The minimum absolute atomic E-state index is 0.103. The van der Waals surface area contributed by atoms with Crippen LogP contribution in [-0.4, -0.2) is 50.9 Å². The number of anilines is 1. The topological polar surface area (TPSA) is 125 Å². The Labute approximate surface area is 114 Å². The molecule has 8 heteroatoms. The molecule has 0 saturated carbocycles. The molecule has 1 aromatic rings. The van der Waals surface area contributed by atoms with E-state index in [1.54, 1.807) is 13.0 Å². The van der Waals surface area contributed by atoms with Gasteiger partial charge in [-0.1, -0.05) is 6.07 Å². The second kappa shape index (κ2) is 5.71. The first-order valence-corrected chi connectivity index (χ1v) is 6.11. The van der Waals surface area contributed by atoms with Crippen LogP contribution in [0.4, 0.5) is 11.4 Å². The third-order valence-electron chi connectivity index (χ3n) is 3.22. The van der Waals surface area contributed by atoms with Gasteiger partial charge in [0.05, 0.1) is 11.0 Å². The Balaban J connectivity index is 2.13. The Morgan fingerprint density at radius 3 is 2.60 bits per heavy atom. The Morgan fingerprint density at radius 1 is 1.25 bits per heavy atom. The molecule has 0 bridgehead atoms. The maximum Gasteiger partial charge on any atom is 0.271 e. The van der Waals surface area contributed by atoms with E-state index in [0.717, 1.165) is 0 Å². The summed E-state index contributed by atoms with van der Waals surface area (Å²) in [5.41, 5.74) is 0.271. The fourth-order valence-electron chi connectivity index (χ4n) is 2.04. The van der Waals surface area contributed by atoms with Crippen LogP contribution < -0.4 is 5.32 Å². The maximum atomic E-state index is 10.7. The van der Waals surface area contributed by atoms with Crippen LogP contribution in [0.15, 0.2) is 24.3 Å². The predicted octanol–water partition coefficient (Wildman–Crippen LogP) is -0.166. The normalized spacial score (nSPS) is 33.7. The molecule has 1 aliphatic heterocycles. The summed E-state index contributed by atoms with van der Waals surface area (Å²) in [4.78, 5) is 10.1. The van der Waals surface area contributed by atoms with Crippen molar-refractivity contribution in [2.24, 2.45) is 0 Å². The number of hydrogen-bond donors (Lipinski definition) is 4. The van der Waals surface area contributed by atoms with Crippen LogP contribution in [0.3, 0.4) is 0 Å². The van der Waals surface area contributed by atoms with Crippen molar-refractivity contribution < 1.29 is 25.0 Å². The zero-order valence-electron chi connectivity index (χ0n) is 10.7. The molecule has 0 aliphatic carbocycles. The standard InChI is InChI=1S/C12H16N2O6/c1-6-9(15)10(16)11(17)12(20-6)13-7-3-2-4-8(5-7)14(18)19/h2-6,9-13,15-17H,1H3/t6-,9-,10-,11+,12-/m0/s1. The molecule has 4 N–H and O–H groups in total. The molecule has 1 fully saturated rings. The van der Waals surface area contributed by atoms with Crippen molar-refractivity contribution in [3.05, 3.63) is 34.4 Å². The average molecular weight is 284 g/mol. The Morgan fingerprint density at radius 2 is 1.95 bits per heavy atom. The summed E-state index contributed by atoms with van der Waals surface area (Å²) in [6.45, 7) is 1.56. The molecule has 8 nitrogen and oxygen atoms in total. The van der Waals surface area contributed by atoms with E-state index in [2.05, 4.69) is 5.32 Å². The number of hydrogen-bond acceptors (Lipinski definition) is 7. The second-order valence-corrected chi connectivity index (χ2v) is 4.69.